The summed E-state index contributed by atoms with van der Waals surface area (Å²) < 4.78 is 0. The van der Waals surface area contributed by atoms with Crippen molar-refractivity contribution in [3.8, 4) is 0 Å². The molecule has 0 amide bonds. The molecule has 2 N–H and O–H groups in total. The zero-order valence-electron chi connectivity index (χ0n) is 9.07. The van der Waals surface area contributed by atoms with Gasteiger partial charge in [0.15, 0.2) is 0 Å². The number of aromatic nitrogens is 2. The standard InChI is InChI=1S/C12H8Cl3N3/c13-9-4-2-1-3-7(9)5-6-8-10(14)17-12(16)18-11(8)15/h1-6H,(H2,16,17,18)/b6-5+. The van der Waals surface area contributed by atoms with Crippen LogP contribution in [0.2, 0.25) is 15.3 Å². The molecule has 2 aromatic rings. The zero-order valence-corrected chi connectivity index (χ0v) is 11.3. The fraction of sp³-hybridized carbons (Fsp3) is 0. The van der Waals surface area contributed by atoms with Gasteiger partial charge in [-0.15, -0.1) is 0 Å². The summed E-state index contributed by atoms with van der Waals surface area (Å²) >= 11 is 17.9. The molecule has 0 radical (unpaired) electrons. The second-order valence-corrected chi connectivity index (χ2v) is 4.56. The first-order valence-corrected chi connectivity index (χ1v) is 6.12. The van der Waals surface area contributed by atoms with Crippen LogP contribution >= 0.6 is 34.8 Å². The highest BCUT2D eigenvalue weighted by atomic mass is 35.5. The summed E-state index contributed by atoms with van der Waals surface area (Å²) in [7, 11) is 0. The van der Waals surface area contributed by atoms with Crippen molar-refractivity contribution in [2.24, 2.45) is 0 Å². The third-order valence-corrected chi connectivity index (χ3v) is 3.13. The molecule has 1 aromatic heterocycles. The monoisotopic (exact) mass is 299 g/mol. The number of anilines is 1. The Morgan fingerprint density at radius 3 is 2.17 bits per heavy atom. The van der Waals surface area contributed by atoms with Crippen molar-refractivity contribution in [1.29, 1.82) is 0 Å². The molecule has 0 fully saturated rings. The van der Waals surface area contributed by atoms with Gasteiger partial charge in [0.05, 0.1) is 0 Å². The van der Waals surface area contributed by atoms with E-state index in [9.17, 15) is 0 Å². The molecule has 0 unspecified atom stereocenters. The lowest BCUT2D eigenvalue weighted by atomic mass is 10.2. The predicted molar refractivity (Wildman–Crippen MR) is 76.8 cm³/mol. The van der Waals surface area contributed by atoms with Crippen LogP contribution in [-0.2, 0) is 0 Å². The molecule has 18 heavy (non-hydrogen) atoms. The Balaban J connectivity index is 2.38. The van der Waals surface area contributed by atoms with E-state index in [-0.39, 0.29) is 16.3 Å². The summed E-state index contributed by atoms with van der Waals surface area (Å²) in [4.78, 5) is 7.67. The van der Waals surface area contributed by atoms with E-state index < -0.39 is 0 Å². The van der Waals surface area contributed by atoms with Crippen LogP contribution in [0.4, 0.5) is 5.95 Å². The average Bonchev–Trinajstić information content (AvgIpc) is 2.30. The molecule has 0 aliphatic rings. The first-order chi connectivity index (χ1) is 8.58. The summed E-state index contributed by atoms with van der Waals surface area (Å²) in [5.41, 5.74) is 6.78. The van der Waals surface area contributed by atoms with E-state index in [0.717, 1.165) is 5.56 Å². The van der Waals surface area contributed by atoms with E-state index >= 15 is 0 Å². The van der Waals surface area contributed by atoms with Crippen LogP contribution in [0.25, 0.3) is 12.2 Å². The van der Waals surface area contributed by atoms with Crippen molar-refractivity contribution in [3.05, 3.63) is 50.7 Å². The van der Waals surface area contributed by atoms with Crippen LogP contribution < -0.4 is 5.73 Å². The molecular formula is C12H8Cl3N3. The Morgan fingerprint density at radius 2 is 1.56 bits per heavy atom. The fourth-order valence-corrected chi connectivity index (χ4v) is 2.08. The maximum Gasteiger partial charge on any atom is 0.222 e. The zero-order chi connectivity index (χ0) is 13.1. The van der Waals surface area contributed by atoms with Crippen LogP contribution in [0.3, 0.4) is 0 Å². The van der Waals surface area contributed by atoms with Gasteiger partial charge in [-0.05, 0) is 17.7 Å². The Labute approximate surface area is 119 Å². The van der Waals surface area contributed by atoms with Crippen molar-refractivity contribution in [2.45, 2.75) is 0 Å². The molecule has 0 saturated carbocycles. The van der Waals surface area contributed by atoms with Gasteiger partial charge in [-0.2, -0.15) is 0 Å². The van der Waals surface area contributed by atoms with Gasteiger partial charge in [0.25, 0.3) is 0 Å². The molecular weight excluding hydrogens is 293 g/mol. The number of halogens is 3. The number of nitrogens with two attached hydrogens (primary N) is 1. The van der Waals surface area contributed by atoms with E-state index in [1.165, 1.54) is 0 Å². The van der Waals surface area contributed by atoms with Crippen molar-refractivity contribution in [1.82, 2.24) is 9.97 Å². The van der Waals surface area contributed by atoms with Gasteiger partial charge >= 0.3 is 0 Å². The minimum absolute atomic E-state index is 0.0416. The van der Waals surface area contributed by atoms with Crippen molar-refractivity contribution < 1.29 is 0 Å². The molecule has 92 valence electrons. The van der Waals surface area contributed by atoms with Crippen LogP contribution in [0, 0.1) is 0 Å². The summed E-state index contributed by atoms with van der Waals surface area (Å²) in [6, 6.07) is 7.41. The topological polar surface area (TPSA) is 51.8 Å². The largest absolute Gasteiger partial charge is 0.368 e. The van der Waals surface area contributed by atoms with Crippen LogP contribution in [-0.4, -0.2) is 9.97 Å². The lowest BCUT2D eigenvalue weighted by Crippen LogP contribution is -1.97. The molecule has 0 atom stereocenters. The van der Waals surface area contributed by atoms with Crippen molar-refractivity contribution >= 4 is 52.9 Å². The highest BCUT2D eigenvalue weighted by Crippen LogP contribution is 2.25. The number of benzene rings is 1. The Morgan fingerprint density at radius 1 is 0.944 bits per heavy atom. The number of rotatable bonds is 2. The average molecular weight is 301 g/mol. The van der Waals surface area contributed by atoms with Crippen molar-refractivity contribution in [2.75, 3.05) is 5.73 Å². The number of nitrogen functional groups attached to an aromatic ring is 1. The summed E-state index contributed by atoms with van der Waals surface area (Å²) in [5.74, 6) is 0.0416. The second kappa shape index (κ2) is 5.57. The van der Waals surface area contributed by atoms with E-state index in [4.69, 9.17) is 40.5 Å². The quantitative estimate of drug-likeness (QED) is 0.846. The third-order valence-electron chi connectivity index (χ3n) is 2.20. The van der Waals surface area contributed by atoms with Gasteiger partial charge in [-0.1, -0.05) is 59.1 Å². The van der Waals surface area contributed by atoms with Crippen LogP contribution in [0.15, 0.2) is 24.3 Å². The molecule has 1 aromatic carbocycles. The van der Waals surface area contributed by atoms with Crippen LogP contribution in [0.5, 0.6) is 0 Å². The molecule has 0 aliphatic heterocycles. The Bertz CT molecular complexity index is 588. The molecule has 0 saturated heterocycles. The molecule has 0 aliphatic carbocycles. The smallest absolute Gasteiger partial charge is 0.222 e. The SMILES string of the molecule is Nc1nc(Cl)c(/C=C/c2ccccc2Cl)c(Cl)n1. The van der Waals surface area contributed by atoms with E-state index in [1.54, 1.807) is 18.2 Å². The maximum atomic E-state index is 6.03. The fourth-order valence-electron chi connectivity index (χ4n) is 1.35. The summed E-state index contributed by atoms with van der Waals surface area (Å²) in [6.07, 6.45) is 3.49. The molecule has 0 bridgehead atoms. The number of nitrogens with zero attached hydrogens (tertiary/aromatic N) is 2. The molecule has 0 spiro atoms. The summed E-state index contributed by atoms with van der Waals surface area (Å²) in [5, 5.41) is 1.05. The van der Waals surface area contributed by atoms with E-state index in [1.807, 2.05) is 18.2 Å². The lowest BCUT2D eigenvalue weighted by Gasteiger charge is -2.02. The minimum atomic E-state index is 0.0416. The maximum absolute atomic E-state index is 6.03. The normalized spacial score (nSPS) is 11.1. The lowest BCUT2D eigenvalue weighted by molar-refractivity contribution is 1.18. The Kier molecular flexibility index (Phi) is 4.07. The van der Waals surface area contributed by atoms with Gasteiger partial charge in [0, 0.05) is 10.6 Å². The molecule has 3 nitrogen and oxygen atoms in total. The second-order valence-electron chi connectivity index (χ2n) is 3.43. The highest BCUT2D eigenvalue weighted by molar-refractivity contribution is 6.36. The van der Waals surface area contributed by atoms with E-state index in [2.05, 4.69) is 9.97 Å². The Hall–Kier alpha value is -1.29. The van der Waals surface area contributed by atoms with Gasteiger partial charge in [0.2, 0.25) is 5.95 Å². The molecule has 1 heterocycles. The van der Waals surface area contributed by atoms with Gasteiger partial charge in [0.1, 0.15) is 10.3 Å². The van der Waals surface area contributed by atoms with Crippen LogP contribution in [0.1, 0.15) is 11.1 Å². The molecule has 2 rings (SSSR count). The summed E-state index contributed by atoms with van der Waals surface area (Å²) in [6.45, 7) is 0. The third kappa shape index (κ3) is 2.93. The molecule has 6 heteroatoms. The van der Waals surface area contributed by atoms with Gasteiger partial charge < -0.3 is 5.73 Å². The first kappa shape index (κ1) is 13.1. The van der Waals surface area contributed by atoms with E-state index in [0.29, 0.717) is 10.6 Å². The van der Waals surface area contributed by atoms with Crippen molar-refractivity contribution in [3.63, 3.8) is 0 Å². The minimum Gasteiger partial charge on any atom is -0.368 e. The van der Waals surface area contributed by atoms with Gasteiger partial charge in [-0.25, -0.2) is 9.97 Å². The first-order valence-electron chi connectivity index (χ1n) is 4.99. The number of hydrogen-bond acceptors (Lipinski definition) is 3. The van der Waals surface area contributed by atoms with Gasteiger partial charge in [-0.3, -0.25) is 0 Å². The number of hydrogen-bond donors (Lipinski definition) is 1. The predicted octanol–water partition coefficient (Wildman–Crippen LogP) is 4.19. The highest BCUT2D eigenvalue weighted by Gasteiger charge is 2.07.